The fourth-order valence-electron chi connectivity index (χ4n) is 4.56. The van der Waals surface area contributed by atoms with Crippen molar-refractivity contribution in [1.29, 1.82) is 0 Å². The minimum atomic E-state index is -1.47. The number of aryl methyl sites for hydroxylation is 4. The van der Waals surface area contributed by atoms with Crippen LogP contribution in [0, 0.1) is 27.7 Å². The fraction of sp³-hybridized carbons (Fsp3) is 0.458. The molecular weight excluding hydrogens is 366 g/mol. The minimum absolute atomic E-state index is 0.140. The van der Waals surface area contributed by atoms with E-state index in [4.69, 9.17) is 4.74 Å². The van der Waals surface area contributed by atoms with E-state index < -0.39 is 23.8 Å². The van der Waals surface area contributed by atoms with Crippen molar-refractivity contribution < 1.29 is 19.7 Å². The maximum Gasteiger partial charge on any atom is 0.410 e. The standard InChI is InChI=1S/C24H31NO4/c1-6-29-23(27)25-14-21(26)13-22(25)24(28,19-9-15(2)7-16(3)10-19)20-11-17(4)8-18(5)12-20/h7-12,21-22,26,28H,6,13-14H2,1-5H3/t21-,22-/m1/s1. The number of likely N-dealkylation sites (tertiary alicyclic amines) is 1. The lowest BCUT2D eigenvalue weighted by atomic mass is 9.77. The molecule has 1 aliphatic heterocycles. The first kappa shape index (κ1) is 21.3. The second-order valence-electron chi connectivity index (χ2n) is 8.28. The van der Waals surface area contributed by atoms with E-state index in [9.17, 15) is 15.0 Å². The monoisotopic (exact) mass is 397 g/mol. The maximum absolute atomic E-state index is 12.7. The molecule has 0 unspecified atom stereocenters. The highest BCUT2D eigenvalue weighted by molar-refractivity contribution is 5.69. The van der Waals surface area contributed by atoms with E-state index in [1.54, 1.807) is 6.92 Å². The number of carbonyl (C=O) groups excluding carboxylic acids is 1. The van der Waals surface area contributed by atoms with Crippen LogP contribution >= 0.6 is 0 Å². The summed E-state index contributed by atoms with van der Waals surface area (Å²) < 4.78 is 5.23. The van der Waals surface area contributed by atoms with E-state index in [0.717, 1.165) is 22.3 Å². The van der Waals surface area contributed by atoms with Crippen LogP contribution in [0.1, 0.15) is 46.7 Å². The molecule has 5 nitrogen and oxygen atoms in total. The molecule has 2 N–H and O–H groups in total. The van der Waals surface area contributed by atoms with Crippen molar-refractivity contribution in [2.45, 2.75) is 58.8 Å². The number of β-amino-alcohol motifs (C(OH)–C–C–N with tert-alkyl or cyclic N) is 1. The summed E-state index contributed by atoms with van der Waals surface area (Å²) in [6, 6.07) is 11.3. The topological polar surface area (TPSA) is 70.0 Å². The largest absolute Gasteiger partial charge is 0.450 e. The van der Waals surface area contributed by atoms with Gasteiger partial charge in [0.2, 0.25) is 0 Å². The second-order valence-corrected chi connectivity index (χ2v) is 8.28. The zero-order valence-electron chi connectivity index (χ0n) is 17.9. The number of aliphatic hydroxyl groups excluding tert-OH is 1. The first-order valence-electron chi connectivity index (χ1n) is 10.2. The molecule has 0 spiro atoms. The van der Waals surface area contributed by atoms with Crippen LogP contribution in [0.3, 0.4) is 0 Å². The zero-order chi connectivity index (χ0) is 21.3. The summed E-state index contributed by atoms with van der Waals surface area (Å²) in [4.78, 5) is 14.1. The lowest BCUT2D eigenvalue weighted by molar-refractivity contribution is -0.00523. The molecule has 0 saturated carbocycles. The molecular formula is C24H31NO4. The number of amides is 1. The molecule has 2 aromatic rings. The Morgan fingerprint density at radius 2 is 1.45 bits per heavy atom. The molecule has 2 aromatic carbocycles. The molecule has 0 bridgehead atoms. The number of rotatable bonds is 4. The molecule has 156 valence electrons. The number of aliphatic hydroxyl groups is 2. The third kappa shape index (κ3) is 4.16. The van der Waals surface area contributed by atoms with Crippen LogP contribution in [-0.2, 0) is 10.3 Å². The first-order valence-corrected chi connectivity index (χ1v) is 10.2. The summed E-state index contributed by atoms with van der Waals surface area (Å²) >= 11 is 0. The predicted octanol–water partition coefficient (Wildman–Crippen LogP) is 3.75. The van der Waals surface area contributed by atoms with Crippen molar-refractivity contribution in [3.05, 3.63) is 69.8 Å². The first-order chi connectivity index (χ1) is 13.6. The summed E-state index contributed by atoms with van der Waals surface area (Å²) in [6.45, 7) is 10.1. The Balaban J connectivity index is 2.23. The fourth-order valence-corrected chi connectivity index (χ4v) is 4.56. The Kier molecular flexibility index (Phi) is 6.01. The van der Waals surface area contributed by atoms with Crippen LogP contribution < -0.4 is 0 Å². The molecule has 1 saturated heterocycles. The number of hydrogen-bond acceptors (Lipinski definition) is 4. The average Bonchev–Trinajstić information content (AvgIpc) is 3.02. The van der Waals surface area contributed by atoms with E-state index in [-0.39, 0.29) is 19.6 Å². The van der Waals surface area contributed by atoms with Gasteiger partial charge in [0.1, 0.15) is 5.60 Å². The predicted molar refractivity (Wildman–Crippen MR) is 113 cm³/mol. The summed E-state index contributed by atoms with van der Waals surface area (Å²) in [5, 5.41) is 22.7. The van der Waals surface area contributed by atoms with Gasteiger partial charge in [-0.2, -0.15) is 0 Å². The lowest BCUT2D eigenvalue weighted by Crippen LogP contribution is -2.50. The Bertz CT molecular complexity index is 816. The van der Waals surface area contributed by atoms with E-state index in [0.29, 0.717) is 11.1 Å². The van der Waals surface area contributed by atoms with Gasteiger partial charge in [-0.15, -0.1) is 0 Å². The maximum atomic E-state index is 12.7. The molecule has 1 amide bonds. The van der Waals surface area contributed by atoms with Crippen molar-refractivity contribution >= 4 is 6.09 Å². The molecule has 2 atom stereocenters. The van der Waals surface area contributed by atoms with E-state index >= 15 is 0 Å². The van der Waals surface area contributed by atoms with Crippen LogP contribution in [-0.4, -0.2) is 46.5 Å². The molecule has 5 heteroatoms. The molecule has 1 fully saturated rings. The van der Waals surface area contributed by atoms with Crippen LogP contribution in [0.25, 0.3) is 0 Å². The van der Waals surface area contributed by atoms with Crippen LogP contribution in [0.2, 0.25) is 0 Å². The van der Waals surface area contributed by atoms with Gasteiger partial charge in [0.05, 0.1) is 25.3 Å². The Labute approximate surface area is 172 Å². The van der Waals surface area contributed by atoms with Gasteiger partial charge in [0, 0.05) is 0 Å². The highest BCUT2D eigenvalue weighted by Gasteiger charge is 2.50. The van der Waals surface area contributed by atoms with E-state index in [1.165, 1.54) is 4.90 Å². The van der Waals surface area contributed by atoms with Crippen molar-refractivity contribution in [2.75, 3.05) is 13.2 Å². The molecule has 0 aliphatic carbocycles. The number of hydrogen-bond donors (Lipinski definition) is 2. The minimum Gasteiger partial charge on any atom is -0.450 e. The van der Waals surface area contributed by atoms with Crippen LogP contribution in [0.4, 0.5) is 4.79 Å². The summed E-state index contributed by atoms with van der Waals surface area (Å²) in [7, 11) is 0. The van der Waals surface area contributed by atoms with Gasteiger partial charge in [-0.1, -0.05) is 58.7 Å². The van der Waals surface area contributed by atoms with Gasteiger partial charge >= 0.3 is 6.09 Å². The summed E-state index contributed by atoms with van der Waals surface area (Å²) in [5.74, 6) is 0. The van der Waals surface area contributed by atoms with Crippen LogP contribution in [0.15, 0.2) is 36.4 Å². The third-order valence-electron chi connectivity index (χ3n) is 5.59. The lowest BCUT2D eigenvalue weighted by Gasteiger charge is -2.40. The molecule has 29 heavy (non-hydrogen) atoms. The van der Waals surface area contributed by atoms with Gasteiger partial charge in [0.25, 0.3) is 0 Å². The van der Waals surface area contributed by atoms with E-state index in [1.807, 2.05) is 52.0 Å². The average molecular weight is 398 g/mol. The Morgan fingerprint density at radius 3 is 1.86 bits per heavy atom. The molecule has 1 heterocycles. The third-order valence-corrected chi connectivity index (χ3v) is 5.59. The van der Waals surface area contributed by atoms with Crippen molar-refractivity contribution in [3.63, 3.8) is 0 Å². The quantitative estimate of drug-likeness (QED) is 0.824. The van der Waals surface area contributed by atoms with Gasteiger partial charge in [-0.3, -0.25) is 4.90 Å². The van der Waals surface area contributed by atoms with Gasteiger partial charge in [-0.05, 0) is 52.2 Å². The zero-order valence-corrected chi connectivity index (χ0v) is 17.9. The number of carbonyl (C=O) groups is 1. The normalized spacial score (nSPS) is 19.5. The second kappa shape index (κ2) is 8.17. The Hall–Kier alpha value is -2.37. The van der Waals surface area contributed by atoms with Crippen LogP contribution in [0.5, 0.6) is 0 Å². The van der Waals surface area contributed by atoms with Crippen molar-refractivity contribution in [1.82, 2.24) is 4.90 Å². The van der Waals surface area contributed by atoms with Crippen molar-refractivity contribution in [2.24, 2.45) is 0 Å². The SMILES string of the molecule is CCOC(=O)N1C[C@H](O)C[C@@H]1C(O)(c1cc(C)cc(C)c1)c1cc(C)cc(C)c1. The highest BCUT2D eigenvalue weighted by atomic mass is 16.6. The molecule has 0 aromatic heterocycles. The van der Waals surface area contributed by atoms with Gasteiger partial charge in [-0.25, -0.2) is 4.79 Å². The number of ether oxygens (including phenoxy) is 1. The van der Waals surface area contributed by atoms with Gasteiger partial charge in [0.15, 0.2) is 0 Å². The Morgan fingerprint density at radius 1 is 1.00 bits per heavy atom. The van der Waals surface area contributed by atoms with Gasteiger partial charge < -0.3 is 14.9 Å². The number of nitrogens with zero attached hydrogens (tertiary/aromatic N) is 1. The smallest absolute Gasteiger partial charge is 0.410 e. The van der Waals surface area contributed by atoms with Crippen molar-refractivity contribution in [3.8, 4) is 0 Å². The highest BCUT2D eigenvalue weighted by Crippen LogP contribution is 2.42. The molecule has 1 aliphatic rings. The number of benzene rings is 2. The molecule has 3 rings (SSSR count). The van der Waals surface area contributed by atoms with E-state index in [2.05, 4.69) is 12.1 Å². The summed E-state index contributed by atoms with van der Waals surface area (Å²) in [6.07, 6.45) is -0.955. The summed E-state index contributed by atoms with van der Waals surface area (Å²) in [5.41, 5.74) is 4.08. The molecule has 0 radical (unpaired) electrons.